The number of nitrogens with one attached hydrogen (secondary N) is 1. The fraction of sp³-hybridized carbons (Fsp3) is 0.409. The molecule has 1 aliphatic rings. The van der Waals surface area contributed by atoms with E-state index in [4.69, 9.17) is 4.74 Å². The zero-order valence-corrected chi connectivity index (χ0v) is 15.5. The van der Waals surface area contributed by atoms with Crippen LogP contribution in [0.3, 0.4) is 0 Å². The van der Waals surface area contributed by atoms with Crippen LogP contribution in [0.1, 0.15) is 40.4 Å². The van der Waals surface area contributed by atoms with E-state index in [1.165, 1.54) is 11.1 Å². The highest BCUT2D eigenvalue weighted by molar-refractivity contribution is 5.94. The number of nitrogens with zero attached hydrogens (tertiary/aromatic N) is 1. The van der Waals surface area contributed by atoms with Crippen molar-refractivity contribution < 1.29 is 9.53 Å². The van der Waals surface area contributed by atoms with Gasteiger partial charge in [0.25, 0.3) is 5.91 Å². The van der Waals surface area contributed by atoms with Gasteiger partial charge < -0.3 is 10.1 Å². The van der Waals surface area contributed by atoms with Crippen LogP contribution in [0.25, 0.3) is 0 Å². The quantitative estimate of drug-likeness (QED) is 0.775. The fourth-order valence-electron chi connectivity index (χ4n) is 3.24. The summed E-state index contributed by atoms with van der Waals surface area (Å²) < 4.78 is 5.91. The molecule has 1 unspecified atom stereocenters. The number of hydrogen-bond acceptors (Lipinski definition) is 3. The molecule has 1 fully saturated rings. The van der Waals surface area contributed by atoms with Crippen LogP contribution in [0.15, 0.2) is 54.6 Å². The first-order chi connectivity index (χ1) is 12.7. The second kappa shape index (κ2) is 9.51. The molecule has 4 heteroatoms. The van der Waals surface area contributed by atoms with Gasteiger partial charge in [0.15, 0.2) is 0 Å². The van der Waals surface area contributed by atoms with E-state index in [2.05, 4.69) is 34.5 Å². The largest absolute Gasteiger partial charge is 0.371 e. The van der Waals surface area contributed by atoms with E-state index in [1.54, 1.807) is 0 Å². The summed E-state index contributed by atoms with van der Waals surface area (Å²) >= 11 is 0. The van der Waals surface area contributed by atoms with Gasteiger partial charge >= 0.3 is 0 Å². The Labute approximate surface area is 156 Å². The summed E-state index contributed by atoms with van der Waals surface area (Å²) in [5, 5.41) is 3.01. The number of benzene rings is 2. The molecule has 1 atom stereocenters. The van der Waals surface area contributed by atoms with Crippen molar-refractivity contribution >= 4 is 5.91 Å². The molecule has 1 heterocycles. The van der Waals surface area contributed by atoms with Gasteiger partial charge in [0.05, 0.1) is 12.7 Å². The van der Waals surface area contributed by atoms with Crippen LogP contribution in [0.4, 0.5) is 0 Å². The van der Waals surface area contributed by atoms with Crippen molar-refractivity contribution in [1.29, 1.82) is 0 Å². The molecule has 26 heavy (non-hydrogen) atoms. The maximum absolute atomic E-state index is 12.1. The number of carbonyl (C=O) groups excluding carboxylic acids is 1. The van der Waals surface area contributed by atoms with Gasteiger partial charge in [-0.25, -0.2) is 0 Å². The zero-order chi connectivity index (χ0) is 18.2. The second-order valence-electron chi connectivity index (χ2n) is 6.90. The highest BCUT2D eigenvalue weighted by Crippen LogP contribution is 2.21. The molecule has 1 aliphatic heterocycles. The minimum atomic E-state index is 0.0144. The van der Waals surface area contributed by atoms with Gasteiger partial charge in [0, 0.05) is 25.2 Å². The lowest BCUT2D eigenvalue weighted by Crippen LogP contribution is -2.39. The lowest BCUT2D eigenvalue weighted by molar-refractivity contribution is -0.0303. The number of carbonyl (C=O) groups is 1. The molecule has 2 aromatic carbocycles. The summed E-state index contributed by atoms with van der Waals surface area (Å²) in [6.45, 7) is 6.50. The van der Waals surface area contributed by atoms with Crippen molar-refractivity contribution in [2.75, 3.05) is 32.8 Å². The highest BCUT2D eigenvalue weighted by atomic mass is 16.5. The van der Waals surface area contributed by atoms with Gasteiger partial charge in [0.1, 0.15) is 0 Å². The van der Waals surface area contributed by atoms with Crippen molar-refractivity contribution in [1.82, 2.24) is 10.2 Å². The Morgan fingerprint density at radius 1 is 1.12 bits per heavy atom. The van der Waals surface area contributed by atoms with Crippen LogP contribution < -0.4 is 5.32 Å². The zero-order valence-electron chi connectivity index (χ0n) is 15.5. The molecule has 0 spiro atoms. The maximum Gasteiger partial charge on any atom is 0.251 e. The van der Waals surface area contributed by atoms with Crippen LogP contribution in [0, 0.1) is 6.92 Å². The van der Waals surface area contributed by atoms with Crippen LogP contribution in [0.5, 0.6) is 0 Å². The predicted octanol–water partition coefficient (Wildman–Crippen LogP) is 3.58. The van der Waals surface area contributed by atoms with E-state index in [1.807, 2.05) is 37.3 Å². The summed E-state index contributed by atoms with van der Waals surface area (Å²) in [6.07, 6.45) is 2.24. The third-order valence-electron chi connectivity index (χ3n) is 4.82. The number of amides is 1. The van der Waals surface area contributed by atoms with E-state index >= 15 is 0 Å². The van der Waals surface area contributed by atoms with Crippen molar-refractivity contribution in [2.45, 2.75) is 25.9 Å². The molecule has 0 saturated carbocycles. The van der Waals surface area contributed by atoms with Gasteiger partial charge in [-0.05, 0) is 44.0 Å². The monoisotopic (exact) mass is 352 g/mol. The number of ether oxygens (including phenoxy) is 1. The summed E-state index contributed by atoms with van der Waals surface area (Å²) in [5.41, 5.74) is 3.15. The third kappa shape index (κ3) is 5.41. The fourth-order valence-corrected chi connectivity index (χ4v) is 3.24. The van der Waals surface area contributed by atoms with E-state index < -0.39 is 0 Å². The lowest BCUT2D eigenvalue weighted by Gasteiger charge is -2.33. The molecule has 1 saturated heterocycles. The first-order valence-corrected chi connectivity index (χ1v) is 9.46. The molecule has 1 amide bonds. The molecule has 3 rings (SSSR count). The van der Waals surface area contributed by atoms with Crippen LogP contribution in [-0.2, 0) is 4.74 Å². The molecule has 0 radical (unpaired) electrons. The Bertz CT molecular complexity index is 685. The van der Waals surface area contributed by atoms with Gasteiger partial charge in [-0.15, -0.1) is 0 Å². The average molecular weight is 352 g/mol. The second-order valence-corrected chi connectivity index (χ2v) is 6.90. The summed E-state index contributed by atoms with van der Waals surface area (Å²) in [4.78, 5) is 14.5. The normalized spacial score (nSPS) is 17.8. The molecule has 2 aromatic rings. The summed E-state index contributed by atoms with van der Waals surface area (Å²) in [5.74, 6) is 0.0144. The average Bonchev–Trinajstić information content (AvgIpc) is 2.69. The molecular weight excluding hydrogens is 324 g/mol. The van der Waals surface area contributed by atoms with Crippen LogP contribution in [-0.4, -0.2) is 43.6 Å². The molecular formula is C22H28N2O2. The summed E-state index contributed by atoms with van der Waals surface area (Å²) in [7, 11) is 0. The van der Waals surface area contributed by atoms with Gasteiger partial charge in [-0.1, -0.05) is 48.0 Å². The lowest BCUT2D eigenvalue weighted by atomic mass is 10.1. The van der Waals surface area contributed by atoms with Gasteiger partial charge in [-0.3, -0.25) is 9.69 Å². The van der Waals surface area contributed by atoms with Crippen LogP contribution >= 0.6 is 0 Å². The van der Waals surface area contributed by atoms with Gasteiger partial charge in [-0.2, -0.15) is 0 Å². The number of hydrogen-bond donors (Lipinski definition) is 1. The van der Waals surface area contributed by atoms with Crippen LogP contribution in [0.2, 0.25) is 0 Å². The van der Waals surface area contributed by atoms with Crippen molar-refractivity contribution in [3.05, 3.63) is 71.3 Å². The molecule has 138 valence electrons. The molecule has 0 aromatic heterocycles. The van der Waals surface area contributed by atoms with E-state index in [0.717, 1.165) is 51.2 Å². The number of aryl methyl sites for hydroxylation is 1. The van der Waals surface area contributed by atoms with E-state index in [-0.39, 0.29) is 12.0 Å². The van der Waals surface area contributed by atoms with E-state index in [9.17, 15) is 4.79 Å². The smallest absolute Gasteiger partial charge is 0.251 e. The standard InChI is InChI=1S/C22H28N2O2/c1-18-9-11-20(12-10-18)22(25)23-13-5-6-14-24-15-16-26-21(17-24)19-7-3-2-4-8-19/h2-4,7-12,21H,5-6,13-17H2,1H3,(H,23,25). The Hall–Kier alpha value is -2.17. The Morgan fingerprint density at radius 3 is 2.65 bits per heavy atom. The topological polar surface area (TPSA) is 41.6 Å². The Balaban J connectivity index is 1.34. The number of morpholine rings is 1. The first kappa shape index (κ1) is 18.6. The Morgan fingerprint density at radius 2 is 1.88 bits per heavy atom. The van der Waals surface area contributed by atoms with E-state index in [0.29, 0.717) is 0 Å². The third-order valence-corrected chi connectivity index (χ3v) is 4.82. The molecule has 0 bridgehead atoms. The highest BCUT2D eigenvalue weighted by Gasteiger charge is 2.21. The van der Waals surface area contributed by atoms with Crippen molar-refractivity contribution in [3.8, 4) is 0 Å². The maximum atomic E-state index is 12.1. The first-order valence-electron chi connectivity index (χ1n) is 9.46. The van der Waals surface area contributed by atoms with Gasteiger partial charge in [0.2, 0.25) is 0 Å². The molecule has 4 nitrogen and oxygen atoms in total. The molecule has 1 N–H and O–H groups in total. The minimum Gasteiger partial charge on any atom is -0.371 e. The van der Waals surface area contributed by atoms with Crippen molar-refractivity contribution in [3.63, 3.8) is 0 Å². The molecule has 0 aliphatic carbocycles. The summed E-state index contributed by atoms with van der Waals surface area (Å²) in [6, 6.07) is 18.1. The minimum absolute atomic E-state index is 0.0144. The number of unbranched alkanes of at least 4 members (excludes halogenated alkanes) is 1. The Kier molecular flexibility index (Phi) is 6.81. The number of rotatable bonds is 7. The predicted molar refractivity (Wildman–Crippen MR) is 104 cm³/mol. The van der Waals surface area contributed by atoms with Crippen molar-refractivity contribution in [2.24, 2.45) is 0 Å². The SMILES string of the molecule is Cc1ccc(C(=O)NCCCCN2CCOC(c3ccccc3)C2)cc1.